The smallest absolute Gasteiger partial charge is 0.151 e. The number of aryl methyl sites for hydroxylation is 1. The molecule has 1 atom stereocenters. The lowest BCUT2D eigenvalue weighted by Crippen LogP contribution is -2.29. The van der Waals surface area contributed by atoms with Gasteiger partial charge in [-0.3, -0.25) is 0 Å². The minimum absolute atomic E-state index is 0.118. The van der Waals surface area contributed by atoms with Gasteiger partial charge in [-0.1, -0.05) is 0 Å². The summed E-state index contributed by atoms with van der Waals surface area (Å²) in [5.41, 5.74) is 7.56. The number of pyridine rings is 1. The molecular formula is C11H16N4. The molecule has 0 saturated carbocycles. The first kappa shape index (κ1) is 11.3. The lowest BCUT2D eigenvalue weighted by atomic mass is 10.2. The monoisotopic (exact) mass is 204 g/mol. The molecule has 0 aliphatic heterocycles. The Morgan fingerprint density at radius 2 is 2.33 bits per heavy atom. The van der Waals surface area contributed by atoms with Crippen molar-refractivity contribution in [1.29, 1.82) is 5.26 Å². The highest BCUT2D eigenvalue weighted by Crippen LogP contribution is 2.22. The Labute approximate surface area is 90.3 Å². The lowest BCUT2D eigenvalue weighted by Gasteiger charge is -2.25. The summed E-state index contributed by atoms with van der Waals surface area (Å²) in [6.45, 7) is 3.93. The fraction of sp³-hybridized carbons (Fsp3) is 0.455. The van der Waals surface area contributed by atoms with E-state index in [0.29, 0.717) is 12.1 Å². The van der Waals surface area contributed by atoms with Gasteiger partial charge in [0, 0.05) is 19.3 Å². The maximum Gasteiger partial charge on any atom is 0.151 e. The second-order valence-corrected chi connectivity index (χ2v) is 3.75. The van der Waals surface area contributed by atoms with E-state index < -0.39 is 0 Å². The highest BCUT2D eigenvalue weighted by atomic mass is 15.2. The van der Waals surface area contributed by atoms with E-state index in [-0.39, 0.29) is 6.04 Å². The first-order valence-electron chi connectivity index (χ1n) is 4.88. The number of nitrogen functional groups attached to an aromatic ring is 1. The Morgan fingerprint density at radius 3 is 2.87 bits per heavy atom. The van der Waals surface area contributed by atoms with Crippen LogP contribution in [0.1, 0.15) is 18.9 Å². The third kappa shape index (κ3) is 2.59. The van der Waals surface area contributed by atoms with Crippen molar-refractivity contribution in [2.45, 2.75) is 26.3 Å². The van der Waals surface area contributed by atoms with Crippen LogP contribution in [0.3, 0.4) is 0 Å². The van der Waals surface area contributed by atoms with E-state index in [4.69, 9.17) is 11.0 Å². The highest BCUT2D eigenvalue weighted by Gasteiger charge is 2.13. The third-order valence-electron chi connectivity index (χ3n) is 2.41. The van der Waals surface area contributed by atoms with Gasteiger partial charge in [0.2, 0.25) is 0 Å². The molecule has 0 aromatic carbocycles. The topological polar surface area (TPSA) is 65.9 Å². The summed E-state index contributed by atoms with van der Waals surface area (Å²) in [6.07, 6.45) is 2.24. The third-order valence-corrected chi connectivity index (χ3v) is 2.41. The van der Waals surface area contributed by atoms with Crippen molar-refractivity contribution in [3.8, 4) is 6.07 Å². The number of hydrogen-bond donors (Lipinski definition) is 1. The van der Waals surface area contributed by atoms with Crippen LogP contribution >= 0.6 is 0 Å². The summed E-state index contributed by atoms with van der Waals surface area (Å²) in [5, 5.41) is 8.62. The molecule has 0 bridgehead atoms. The minimum atomic E-state index is 0.118. The van der Waals surface area contributed by atoms with Gasteiger partial charge in [-0.25, -0.2) is 4.98 Å². The molecule has 15 heavy (non-hydrogen) atoms. The van der Waals surface area contributed by atoms with Gasteiger partial charge in [-0.15, -0.1) is 0 Å². The van der Waals surface area contributed by atoms with E-state index in [2.05, 4.69) is 11.1 Å². The standard InChI is InChI=1S/C11H16N4/c1-8-6-10(13)11(14-7-8)15(3)9(2)4-5-12/h6-7,9H,4,13H2,1-3H3. The molecule has 0 aliphatic carbocycles. The van der Waals surface area contributed by atoms with Crippen LogP contribution in [-0.2, 0) is 0 Å². The van der Waals surface area contributed by atoms with Crippen LogP contribution < -0.4 is 10.6 Å². The normalized spacial score (nSPS) is 11.9. The predicted molar refractivity (Wildman–Crippen MR) is 61.5 cm³/mol. The molecule has 0 aliphatic rings. The maximum atomic E-state index is 8.62. The Hall–Kier alpha value is -1.76. The van der Waals surface area contributed by atoms with E-state index >= 15 is 0 Å². The summed E-state index contributed by atoms with van der Waals surface area (Å²) in [6, 6.07) is 4.14. The van der Waals surface area contributed by atoms with Crippen molar-refractivity contribution in [2.24, 2.45) is 0 Å². The van der Waals surface area contributed by atoms with Crippen LogP contribution in [0, 0.1) is 18.3 Å². The average molecular weight is 204 g/mol. The summed E-state index contributed by atoms with van der Waals surface area (Å²) in [7, 11) is 1.90. The number of rotatable bonds is 3. The summed E-state index contributed by atoms with van der Waals surface area (Å²) in [4.78, 5) is 6.20. The Balaban J connectivity index is 2.91. The number of nitriles is 1. The van der Waals surface area contributed by atoms with Gasteiger partial charge in [0.05, 0.1) is 18.2 Å². The van der Waals surface area contributed by atoms with Crippen LogP contribution in [-0.4, -0.2) is 18.1 Å². The SMILES string of the molecule is Cc1cnc(N(C)C(C)CC#N)c(N)c1. The number of hydrogen-bond acceptors (Lipinski definition) is 4. The van der Waals surface area contributed by atoms with Crippen LogP contribution in [0.25, 0.3) is 0 Å². The number of nitrogens with two attached hydrogens (primary N) is 1. The Kier molecular flexibility index (Phi) is 3.51. The average Bonchev–Trinajstić information content (AvgIpc) is 2.17. The van der Waals surface area contributed by atoms with Crippen molar-refractivity contribution >= 4 is 11.5 Å². The van der Waals surface area contributed by atoms with Gasteiger partial charge in [-0.2, -0.15) is 5.26 Å². The molecule has 4 heteroatoms. The van der Waals surface area contributed by atoms with Crippen molar-refractivity contribution < 1.29 is 0 Å². The molecule has 80 valence electrons. The largest absolute Gasteiger partial charge is 0.396 e. The molecule has 0 radical (unpaired) electrons. The molecule has 0 amide bonds. The number of nitrogens with zero attached hydrogens (tertiary/aromatic N) is 3. The Morgan fingerprint density at radius 1 is 1.67 bits per heavy atom. The fourth-order valence-electron chi connectivity index (χ4n) is 1.36. The van der Waals surface area contributed by atoms with Gasteiger partial charge >= 0.3 is 0 Å². The van der Waals surface area contributed by atoms with Crippen molar-refractivity contribution in [3.63, 3.8) is 0 Å². The van der Waals surface area contributed by atoms with Gasteiger partial charge in [0.15, 0.2) is 5.82 Å². The van der Waals surface area contributed by atoms with Crippen LogP contribution in [0.5, 0.6) is 0 Å². The molecule has 2 N–H and O–H groups in total. The molecule has 1 unspecified atom stereocenters. The highest BCUT2D eigenvalue weighted by molar-refractivity contribution is 5.63. The zero-order valence-electron chi connectivity index (χ0n) is 9.36. The van der Waals surface area contributed by atoms with Gasteiger partial charge in [-0.05, 0) is 25.5 Å². The maximum absolute atomic E-state index is 8.62. The zero-order chi connectivity index (χ0) is 11.4. The second-order valence-electron chi connectivity index (χ2n) is 3.75. The van der Waals surface area contributed by atoms with Crippen LogP contribution in [0.15, 0.2) is 12.3 Å². The molecule has 0 saturated heterocycles. The van der Waals surface area contributed by atoms with Crippen LogP contribution in [0.2, 0.25) is 0 Å². The first-order chi connectivity index (χ1) is 7.06. The number of aromatic nitrogens is 1. The minimum Gasteiger partial charge on any atom is -0.396 e. The van der Waals surface area contributed by atoms with E-state index in [9.17, 15) is 0 Å². The molecule has 0 spiro atoms. The van der Waals surface area contributed by atoms with E-state index in [1.165, 1.54) is 0 Å². The van der Waals surface area contributed by atoms with Crippen molar-refractivity contribution in [1.82, 2.24) is 4.98 Å². The zero-order valence-corrected chi connectivity index (χ0v) is 9.36. The summed E-state index contributed by atoms with van der Waals surface area (Å²) >= 11 is 0. The van der Waals surface area contributed by atoms with Crippen LogP contribution in [0.4, 0.5) is 11.5 Å². The quantitative estimate of drug-likeness (QED) is 0.814. The molecule has 1 aromatic heterocycles. The van der Waals surface area contributed by atoms with Crippen molar-refractivity contribution in [2.75, 3.05) is 17.7 Å². The first-order valence-corrected chi connectivity index (χ1v) is 4.88. The van der Waals surface area contributed by atoms with E-state index in [1.807, 2.05) is 31.9 Å². The van der Waals surface area contributed by atoms with Crippen molar-refractivity contribution in [3.05, 3.63) is 17.8 Å². The molecule has 0 fully saturated rings. The Bertz CT molecular complexity index is 381. The van der Waals surface area contributed by atoms with E-state index in [1.54, 1.807) is 6.20 Å². The second kappa shape index (κ2) is 4.65. The number of anilines is 2. The van der Waals surface area contributed by atoms with Gasteiger partial charge in [0.25, 0.3) is 0 Å². The molecule has 1 rings (SSSR count). The van der Waals surface area contributed by atoms with Gasteiger partial charge < -0.3 is 10.6 Å². The summed E-state index contributed by atoms with van der Waals surface area (Å²) < 4.78 is 0. The molecule has 1 aromatic rings. The fourth-order valence-corrected chi connectivity index (χ4v) is 1.36. The molecule has 1 heterocycles. The van der Waals surface area contributed by atoms with Gasteiger partial charge in [0.1, 0.15) is 0 Å². The summed E-state index contributed by atoms with van der Waals surface area (Å²) in [5.74, 6) is 0.739. The molecular weight excluding hydrogens is 188 g/mol. The lowest BCUT2D eigenvalue weighted by molar-refractivity contribution is 0.695. The predicted octanol–water partition coefficient (Wildman–Crippen LogP) is 1.71. The van der Waals surface area contributed by atoms with E-state index in [0.717, 1.165) is 11.4 Å². The molecule has 4 nitrogen and oxygen atoms in total.